The lowest BCUT2D eigenvalue weighted by Crippen LogP contribution is -2.40. The number of nitrogens with one attached hydrogen (secondary N) is 2. The molecular weight excluding hydrogens is 771 g/mol. The summed E-state index contributed by atoms with van der Waals surface area (Å²) in [5.74, 6) is -33.6. The van der Waals surface area contributed by atoms with Crippen LogP contribution in [0.3, 0.4) is 0 Å². The number of alkyl halides is 3. The second-order valence-electron chi connectivity index (χ2n) is 16.4. The molecule has 0 saturated heterocycles. The molecule has 8 aliphatic rings. The van der Waals surface area contributed by atoms with E-state index in [2.05, 4.69) is 10.6 Å². The van der Waals surface area contributed by atoms with E-state index >= 15 is 43.9 Å². The molecule has 0 aliphatic heterocycles. The summed E-state index contributed by atoms with van der Waals surface area (Å²) < 4.78 is 231. The Morgan fingerprint density at radius 3 is 0.945 bits per heavy atom. The number of rotatable bonds is 7. The Kier molecular flexibility index (Phi) is 7.84. The monoisotopic (exact) mass is 799 g/mol. The van der Waals surface area contributed by atoms with Gasteiger partial charge >= 0.3 is 6.18 Å². The second-order valence-corrected chi connectivity index (χ2v) is 16.4. The van der Waals surface area contributed by atoms with E-state index in [1.165, 1.54) is 0 Å². The summed E-state index contributed by atoms with van der Waals surface area (Å²) in [5.41, 5.74) is -16.3. The highest BCUT2D eigenvalue weighted by molar-refractivity contribution is 5.81. The molecule has 55 heavy (non-hydrogen) atoms. The molecule has 3 nitrogen and oxygen atoms in total. The van der Waals surface area contributed by atoms with Crippen LogP contribution in [0.15, 0.2) is 0 Å². The van der Waals surface area contributed by atoms with E-state index in [4.69, 9.17) is 0 Å². The van der Waals surface area contributed by atoms with Crippen molar-refractivity contribution in [3.63, 3.8) is 0 Å². The minimum Gasteiger partial charge on any atom is -0.374 e. The van der Waals surface area contributed by atoms with E-state index in [1.807, 2.05) is 0 Å². The molecule has 8 saturated carbocycles. The first-order valence-corrected chi connectivity index (χ1v) is 17.8. The van der Waals surface area contributed by atoms with Crippen LogP contribution in [0, 0.1) is 105 Å². The first-order valence-electron chi connectivity index (χ1n) is 17.8. The van der Waals surface area contributed by atoms with Crippen molar-refractivity contribution < 1.29 is 65.9 Å². The standard InChI is InChI=1S/C37H28F15N3/c38-18-17(37(50,51)52)19(39)25(45)32(24(18)44)55(33-26(46)20(40)30(21(41)27(33)47)53-35-7-11-1-12(8-35)4-15(35)3-11)34-28(48)22(42)31(23(43)29(34)49)54-36-9-13-2-14(10-36)6-16(36)5-13/h11-16,53-54H,1-10H2. The molecule has 11 rings (SSSR count). The van der Waals surface area contributed by atoms with Crippen LogP contribution in [0.5, 0.6) is 0 Å². The third-order valence-electron chi connectivity index (χ3n) is 13.4. The van der Waals surface area contributed by atoms with Gasteiger partial charge in [-0.05, 0) is 99.7 Å². The van der Waals surface area contributed by atoms with Crippen LogP contribution in [-0.2, 0) is 6.18 Å². The largest absolute Gasteiger partial charge is 0.422 e. The molecule has 0 radical (unpaired) electrons. The van der Waals surface area contributed by atoms with E-state index < -0.39 is 126 Å². The predicted molar refractivity (Wildman–Crippen MR) is 165 cm³/mol. The van der Waals surface area contributed by atoms with Crippen LogP contribution in [0.4, 0.5) is 94.3 Å². The maximum absolute atomic E-state index is 16.2. The lowest BCUT2D eigenvalue weighted by atomic mass is 9.80. The van der Waals surface area contributed by atoms with Gasteiger partial charge in [-0.1, -0.05) is 0 Å². The van der Waals surface area contributed by atoms with Gasteiger partial charge in [-0.25, -0.2) is 52.7 Å². The molecule has 296 valence electrons. The summed E-state index contributed by atoms with van der Waals surface area (Å²) in [6.45, 7) is 0. The zero-order valence-electron chi connectivity index (χ0n) is 28.2. The maximum Gasteiger partial charge on any atom is 0.422 e. The summed E-state index contributed by atoms with van der Waals surface area (Å²) in [7, 11) is 0. The van der Waals surface area contributed by atoms with Gasteiger partial charge in [0, 0.05) is 11.1 Å². The molecule has 18 heteroatoms. The molecular formula is C37H28F15N3. The van der Waals surface area contributed by atoms with Crippen molar-refractivity contribution in [2.75, 3.05) is 15.5 Å². The molecule has 4 unspecified atom stereocenters. The minimum absolute atomic E-state index is 0.114. The Hall–Kier alpha value is -3.99. The number of benzene rings is 3. The second kappa shape index (κ2) is 11.8. The Morgan fingerprint density at radius 2 is 0.673 bits per heavy atom. The van der Waals surface area contributed by atoms with Crippen molar-refractivity contribution in [3.05, 3.63) is 75.4 Å². The highest BCUT2D eigenvalue weighted by atomic mass is 19.4. The van der Waals surface area contributed by atoms with E-state index in [1.54, 1.807) is 0 Å². The van der Waals surface area contributed by atoms with Crippen LogP contribution < -0.4 is 15.5 Å². The van der Waals surface area contributed by atoms with Crippen LogP contribution >= 0.6 is 0 Å². The molecule has 3 aromatic carbocycles. The maximum atomic E-state index is 16.2. The molecule has 2 N–H and O–H groups in total. The fourth-order valence-electron chi connectivity index (χ4n) is 11.8. The summed E-state index contributed by atoms with van der Waals surface area (Å²) in [6, 6.07) is 0. The van der Waals surface area contributed by atoms with Crippen molar-refractivity contribution >= 4 is 28.4 Å². The van der Waals surface area contributed by atoms with E-state index in [0.29, 0.717) is 51.4 Å². The Bertz CT molecular complexity index is 1960. The summed E-state index contributed by atoms with van der Waals surface area (Å²) in [5, 5.41) is 4.99. The minimum atomic E-state index is -6.19. The van der Waals surface area contributed by atoms with Gasteiger partial charge in [0.2, 0.25) is 0 Å². The van der Waals surface area contributed by atoms with Gasteiger partial charge in [-0.2, -0.15) is 13.2 Å². The van der Waals surface area contributed by atoms with E-state index in [-0.39, 0.29) is 35.5 Å². The topological polar surface area (TPSA) is 27.3 Å². The van der Waals surface area contributed by atoms with E-state index in [0.717, 1.165) is 12.8 Å². The SMILES string of the molecule is Fc1c(F)c(N(c2c(F)c(F)c(NC34CC5CC(CC3C5)C4)c(F)c2F)c2c(F)c(F)c(C(F)(F)F)c(F)c2F)c(F)c(F)c1NC12CC3CC(CC1C3)C2. The highest BCUT2D eigenvalue weighted by Gasteiger charge is 2.60. The fourth-order valence-corrected chi connectivity index (χ4v) is 11.8. The first-order chi connectivity index (χ1) is 25.8. The lowest BCUT2D eigenvalue weighted by molar-refractivity contribution is -0.143. The van der Waals surface area contributed by atoms with Gasteiger partial charge in [0.05, 0.1) is 0 Å². The van der Waals surface area contributed by atoms with E-state index in [9.17, 15) is 22.0 Å². The Labute approximate surface area is 302 Å². The molecule has 8 aliphatic carbocycles. The molecule has 0 amide bonds. The normalized spacial score (nSPS) is 31.3. The average Bonchev–Trinajstić information content (AvgIpc) is 3.70. The molecule has 8 bridgehead atoms. The van der Waals surface area contributed by atoms with Crippen LogP contribution in [0.2, 0.25) is 0 Å². The van der Waals surface area contributed by atoms with Crippen LogP contribution in [0.1, 0.15) is 69.8 Å². The van der Waals surface area contributed by atoms with Gasteiger partial charge in [0.15, 0.2) is 69.8 Å². The average molecular weight is 800 g/mol. The predicted octanol–water partition coefficient (Wildman–Crippen LogP) is 11.8. The number of anilines is 5. The third-order valence-corrected chi connectivity index (χ3v) is 13.4. The highest BCUT2D eigenvalue weighted by Crippen LogP contribution is 2.63. The van der Waals surface area contributed by atoms with Gasteiger partial charge in [0.1, 0.15) is 34.0 Å². The van der Waals surface area contributed by atoms with Crippen molar-refractivity contribution in [2.24, 2.45) is 35.5 Å². The molecule has 3 aromatic rings. The number of halogens is 15. The van der Waals surface area contributed by atoms with Crippen LogP contribution in [0.25, 0.3) is 0 Å². The zero-order chi connectivity index (χ0) is 39.4. The van der Waals surface area contributed by atoms with Gasteiger partial charge in [-0.15, -0.1) is 0 Å². The van der Waals surface area contributed by atoms with Crippen molar-refractivity contribution in [3.8, 4) is 0 Å². The summed E-state index contributed by atoms with van der Waals surface area (Å²) in [4.78, 5) is -1.28. The number of hydrogen-bond donors (Lipinski definition) is 2. The molecule has 0 heterocycles. The van der Waals surface area contributed by atoms with Crippen LogP contribution in [-0.4, -0.2) is 11.1 Å². The number of hydrogen-bond acceptors (Lipinski definition) is 3. The first kappa shape index (κ1) is 36.6. The molecule has 4 atom stereocenters. The van der Waals surface area contributed by atoms with Crippen molar-refractivity contribution in [2.45, 2.75) is 81.5 Å². The number of nitrogens with zero attached hydrogens (tertiary/aromatic N) is 1. The quantitative estimate of drug-likeness (QED) is 0.184. The lowest BCUT2D eigenvalue weighted by Gasteiger charge is -2.36. The molecule has 0 spiro atoms. The zero-order valence-corrected chi connectivity index (χ0v) is 28.2. The van der Waals surface area contributed by atoms with Gasteiger partial charge in [-0.3, -0.25) is 4.90 Å². The molecule has 0 aromatic heterocycles. The Balaban J connectivity index is 1.25. The molecule has 8 fully saturated rings. The fraction of sp³-hybridized carbons (Fsp3) is 0.514. The van der Waals surface area contributed by atoms with Crippen molar-refractivity contribution in [1.29, 1.82) is 0 Å². The Morgan fingerprint density at radius 1 is 0.400 bits per heavy atom. The van der Waals surface area contributed by atoms with Gasteiger partial charge in [0.25, 0.3) is 0 Å². The van der Waals surface area contributed by atoms with Gasteiger partial charge < -0.3 is 10.6 Å². The smallest absolute Gasteiger partial charge is 0.374 e. The van der Waals surface area contributed by atoms with Crippen molar-refractivity contribution in [1.82, 2.24) is 0 Å². The summed E-state index contributed by atoms with van der Waals surface area (Å²) in [6.07, 6.45) is -0.750. The summed E-state index contributed by atoms with van der Waals surface area (Å²) >= 11 is 0. The third kappa shape index (κ3) is 4.99.